The first-order valence-electron chi connectivity index (χ1n) is 14.3. The summed E-state index contributed by atoms with van der Waals surface area (Å²) < 4.78 is 11.2. The van der Waals surface area contributed by atoms with E-state index in [-0.39, 0.29) is 6.10 Å². The van der Waals surface area contributed by atoms with Gasteiger partial charge < -0.3 is 19.7 Å². The highest BCUT2D eigenvalue weighted by atomic mass is 16.7. The molecular formula is C28H56O4. The van der Waals surface area contributed by atoms with Gasteiger partial charge in [-0.3, -0.25) is 0 Å². The van der Waals surface area contributed by atoms with Crippen molar-refractivity contribution in [3.63, 3.8) is 0 Å². The summed E-state index contributed by atoms with van der Waals surface area (Å²) in [6.07, 6.45) is 25.8. The average molecular weight is 457 g/mol. The van der Waals surface area contributed by atoms with Crippen molar-refractivity contribution in [3.8, 4) is 0 Å². The Balaban J connectivity index is 1.72. The number of ether oxygens (including phenoxy) is 2. The van der Waals surface area contributed by atoms with Crippen LogP contribution in [-0.2, 0) is 9.47 Å². The minimum Gasteiger partial charge on any atom is -0.390 e. The average Bonchev–Trinajstić information content (AvgIpc) is 2.78. The molecule has 0 aliphatic carbocycles. The van der Waals surface area contributed by atoms with Gasteiger partial charge in [-0.05, 0) is 13.3 Å². The molecule has 2 N–H and O–H groups in total. The van der Waals surface area contributed by atoms with Crippen molar-refractivity contribution >= 4 is 0 Å². The molecule has 0 aromatic rings. The van der Waals surface area contributed by atoms with E-state index in [9.17, 15) is 10.2 Å². The summed E-state index contributed by atoms with van der Waals surface area (Å²) in [6.45, 7) is 4.74. The second kappa shape index (κ2) is 21.4. The maximum atomic E-state index is 9.91. The fraction of sp³-hybridized carbons (Fsp3) is 1.00. The molecule has 1 aliphatic rings. The molecule has 1 rings (SSSR count). The highest BCUT2D eigenvalue weighted by Gasteiger charge is 2.34. The topological polar surface area (TPSA) is 58.9 Å². The van der Waals surface area contributed by atoms with Crippen molar-refractivity contribution in [2.24, 2.45) is 0 Å². The molecule has 4 nitrogen and oxygen atoms in total. The maximum absolute atomic E-state index is 9.91. The van der Waals surface area contributed by atoms with Crippen LogP contribution in [0.2, 0.25) is 0 Å². The highest BCUT2D eigenvalue weighted by molar-refractivity contribution is 4.78. The van der Waals surface area contributed by atoms with Crippen LogP contribution in [0.4, 0.5) is 0 Å². The Hall–Kier alpha value is -0.160. The monoisotopic (exact) mass is 456 g/mol. The smallest absolute Gasteiger partial charge is 0.183 e. The Morgan fingerprint density at radius 3 is 1.38 bits per heavy atom. The summed E-state index contributed by atoms with van der Waals surface area (Å²) >= 11 is 0. The number of hydrogen-bond donors (Lipinski definition) is 2. The fourth-order valence-corrected chi connectivity index (χ4v) is 4.65. The van der Waals surface area contributed by atoms with Gasteiger partial charge >= 0.3 is 0 Å². The molecule has 192 valence electrons. The molecule has 0 aromatic heterocycles. The van der Waals surface area contributed by atoms with Gasteiger partial charge in [-0.15, -0.1) is 0 Å². The van der Waals surface area contributed by atoms with Gasteiger partial charge in [0.1, 0.15) is 6.10 Å². The highest BCUT2D eigenvalue weighted by Crippen LogP contribution is 2.21. The van der Waals surface area contributed by atoms with Gasteiger partial charge in [0.15, 0.2) is 6.29 Å². The molecule has 0 bridgehead atoms. The van der Waals surface area contributed by atoms with Gasteiger partial charge in [0, 0.05) is 13.0 Å². The van der Waals surface area contributed by atoms with Crippen molar-refractivity contribution in [2.75, 3.05) is 6.61 Å². The SMILES string of the molecule is CCCCCCCCCCCCCCCCCCCCCCO[C@@H]1O[C@@H](C)[C@H](O)C[C@H]1O. The van der Waals surface area contributed by atoms with Crippen LogP contribution in [0.5, 0.6) is 0 Å². The van der Waals surface area contributed by atoms with E-state index < -0.39 is 18.5 Å². The Bertz CT molecular complexity index is 390. The predicted molar refractivity (Wildman–Crippen MR) is 135 cm³/mol. The lowest BCUT2D eigenvalue weighted by molar-refractivity contribution is -0.261. The van der Waals surface area contributed by atoms with Crippen LogP contribution < -0.4 is 0 Å². The lowest BCUT2D eigenvalue weighted by atomic mass is 10.0. The molecule has 0 aromatic carbocycles. The zero-order valence-corrected chi connectivity index (χ0v) is 21.6. The van der Waals surface area contributed by atoms with Gasteiger partial charge in [-0.25, -0.2) is 0 Å². The zero-order chi connectivity index (χ0) is 23.3. The van der Waals surface area contributed by atoms with Crippen LogP contribution >= 0.6 is 0 Å². The molecule has 0 amide bonds. The normalized spacial score (nSPS) is 23.6. The van der Waals surface area contributed by atoms with E-state index in [1.807, 2.05) is 6.92 Å². The molecule has 0 spiro atoms. The Morgan fingerprint density at radius 1 is 0.594 bits per heavy atom. The van der Waals surface area contributed by atoms with Gasteiger partial charge in [0.25, 0.3) is 0 Å². The van der Waals surface area contributed by atoms with Gasteiger partial charge in [-0.2, -0.15) is 0 Å². The predicted octanol–water partition coefficient (Wildman–Crippen LogP) is 7.68. The van der Waals surface area contributed by atoms with E-state index in [0.717, 1.165) is 6.42 Å². The molecule has 1 heterocycles. The third kappa shape index (κ3) is 16.5. The van der Waals surface area contributed by atoms with Crippen LogP contribution in [0, 0.1) is 0 Å². The first-order chi connectivity index (χ1) is 15.6. The molecule has 1 aliphatic heterocycles. The Kier molecular flexibility index (Phi) is 20.0. The maximum Gasteiger partial charge on any atom is 0.183 e. The lowest BCUT2D eigenvalue weighted by Crippen LogP contribution is -2.47. The van der Waals surface area contributed by atoms with Crippen molar-refractivity contribution in [3.05, 3.63) is 0 Å². The summed E-state index contributed by atoms with van der Waals surface area (Å²) in [7, 11) is 0. The molecule has 32 heavy (non-hydrogen) atoms. The number of rotatable bonds is 22. The van der Waals surface area contributed by atoms with E-state index in [0.29, 0.717) is 13.0 Å². The van der Waals surface area contributed by atoms with Crippen molar-refractivity contribution in [1.29, 1.82) is 0 Å². The summed E-state index contributed by atoms with van der Waals surface area (Å²) in [4.78, 5) is 0. The largest absolute Gasteiger partial charge is 0.390 e. The van der Waals surface area contributed by atoms with Crippen LogP contribution in [0.1, 0.15) is 149 Å². The van der Waals surface area contributed by atoms with E-state index in [2.05, 4.69) is 6.92 Å². The van der Waals surface area contributed by atoms with Crippen LogP contribution in [0.25, 0.3) is 0 Å². The van der Waals surface area contributed by atoms with Crippen LogP contribution in [0.3, 0.4) is 0 Å². The summed E-state index contributed by atoms with van der Waals surface area (Å²) in [6, 6.07) is 0. The number of aliphatic hydroxyl groups is 2. The minimum absolute atomic E-state index is 0.265. The Labute approximate surface area is 199 Å². The molecule has 4 heteroatoms. The second-order valence-electron chi connectivity index (χ2n) is 10.2. The first-order valence-corrected chi connectivity index (χ1v) is 14.3. The van der Waals surface area contributed by atoms with Crippen molar-refractivity contribution in [2.45, 2.75) is 173 Å². The molecule has 0 saturated carbocycles. The third-order valence-corrected chi connectivity index (χ3v) is 6.97. The molecule has 0 radical (unpaired) electrons. The minimum atomic E-state index is -0.716. The molecule has 4 atom stereocenters. The fourth-order valence-electron chi connectivity index (χ4n) is 4.65. The van der Waals surface area contributed by atoms with E-state index >= 15 is 0 Å². The van der Waals surface area contributed by atoms with Gasteiger partial charge in [-0.1, -0.05) is 129 Å². The standard InChI is InChI=1S/C28H56O4/c1-3-4-5-6-7-8-9-10-11-12-13-14-15-16-17-18-19-20-21-22-23-31-28-27(30)24-26(29)25(2)32-28/h25-30H,3-24H2,1-2H3/t25-,26+,27+,28+/m0/s1. The number of aliphatic hydroxyl groups excluding tert-OH is 2. The zero-order valence-electron chi connectivity index (χ0n) is 21.6. The quantitative estimate of drug-likeness (QED) is 0.164. The molecular weight excluding hydrogens is 400 g/mol. The summed E-state index contributed by atoms with van der Waals surface area (Å²) in [5.74, 6) is 0. The van der Waals surface area contributed by atoms with Gasteiger partial charge in [0.2, 0.25) is 0 Å². The van der Waals surface area contributed by atoms with Gasteiger partial charge in [0.05, 0.1) is 12.2 Å². The summed E-state index contributed by atoms with van der Waals surface area (Å²) in [5, 5.41) is 19.6. The third-order valence-electron chi connectivity index (χ3n) is 6.97. The van der Waals surface area contributed by atoms with Crippen molar-refractivity contribution < 1.29 is 19.7 Å². The number of hydrogen-bond acceptors (Lipinski definition) is 4. The van der Waals surface area contributed by atoms with Crippen LogP contribution in [-0.4, -0.2) is 41.4 Å². The van der Waals surface area contributed by atoms with E-state index in [1.165, 1.54) is 122 Å². The van der Waals surface area contributed by atoms with Crippen molar-refractivity contribution in [1.82, 2.24) is 0 Å². The molecule has 1 fully saturated rings. The number of unbranched alkanes of at least 4 members (excludes halogenated alkanes) is 19. The molecule has 0 unspecified atom stereocenters. The lowest BCUT2D eigenvalue weighted by Gasteiger charge is -2.35. The molecule has 1 saturated heterocycles. The first kappa shape index (κ1) is 29.9. The van der Waals surface area contributed by atoms with Crippen LogP contribution in [0.15, 0.2) is 0 Å². The summed E-state index contributed by atoms with van der Waals surface area (Å²) in [5.41, 5.74) is 0. The Morgan fingerprint density at radius 2 is 0.969 bits per heavy atom. The van der Waals surface area contributed by atoms with E-state index in [4.69, 9.17) is 9.47 Å². The second-order valence-corrected chi connectivity index (χ2v) is 10.2. The van der Waals surface area contributed by atoms with E-state index in [1.54, 1.807) is 0 Å².